The van der Waals surface area contributed by atoms with E-state index in [1.807, 2.05) is 0 Å². The molecular weight excluding hydrogens is 284 g/mol. The zero-order valence-electron chi connectivity index (χ0n) is 12.3. The van der Waals surface area contributed by atoms with Gasteiger partial charge in [-0.3, -0.25) is 9.89 Å². The Balaban J connectivity index is 1.63. The van der Waals surface area contributed by atoms with Gasteiger partial charge in [0.15, 0.2) is 0 Å². The van der Waals surface area contributed by atoms with Crippen LogP contribution in [0.15, 0.2) is 29.4 Å². The van der Waals surface area contributed by atoms with E-state index in [2.05, 4.69) is 52.5 Å². The number of carbonyl (C=O) groups excluding carboxylic acids is 1. The molecule has 0 unspecified atom stereocenters. The average molecular weight is 304 g/mol. The predicted octanol–water partition coefficient (Wildman–Crippen LogP) is 2.26. The molecule has 1 aromatic heterocycles. The number of benzene rings is 1. The van der Waals surface area contributed by atoms with Gasteiger partial charge in [0.25, 0.3) is 0 Å². The lowest BCUT2D eigenvalue weighted by Gasteiger charge is -2.06. The van der Waals surface area contributed by atoms with Crippen molar-refractivity contribution < 1.29 is 4.79 Å². The molecule has 0 aliphatic heterocycles. The molecule has 0 spiro atoms. The molecule has 2 N–H and O–H groups in total. The third-order valence-corrected chi connectivity index (χ3v) is 4.22. The van der Waals surface area contributed by atoms with E-state index < -0.39 is 0 Å². The first-order valence-corrected chi connectivity index (χ1v) is 7.94. The van der Waals surface area contributed by atoms with E-state index in [0.717, 1.165) is 11.6 Å². The number of thioether (sulfide) groups is 1. The van der Waals surface area contributed by atoms with Crippen LogP contribution in [0.5, 0.6) is 0 Å². The van der Waals surface area contributed by atoms with Crippen molar-refractivity contribution >= 4 is 17.7 Å². The molecule has 0 saturated carbocycles. The second kappa shape index (κ2) is 7.83. The van der Waals surface area contributed by atoms with Crippen LogP contribution in [-0.4, -0.2) is 33.4 Å². The standard InChI is InChI=1S/C15H20N4OS/c1-11-3-4-13(9-12(11)2)21-8-6-15(20)16-7-5-14-17-10-18-19-14/h3-4,9-10H,5-8H2,1-2H3,(H,16,20)(H,17,18,19). The minimum Gasteiger partial charge on any atom is -0.356 e. The van der Waals surface area contributed by atoms with Crippen LogP contribution in [0.1, 0.15) is 23.4 Å². The van der Waals surface area contributed by atoms with Gasteiger partial charge in [0, 0.05) is 30.0 Å². The van der Waals surface area contributed by atoms with Gasteiger partial charge in [-0.1, -0.05) is 6.07 Å². The Bertz CT molecular complexity index is 583. The van der Waals surface area contributed by atoms with Crippen LogP contribution in [0.2, 0.25) is 0 Å². The Hall–Kier alpha value is -1.82. The van der Waals surface area contributed by atoms with E-state index in [9.17, 15) is 4.79 Å². The molecule has 5 nitrogen and oxygen atoms in total. The lowest BCUT2D eigenvalue weighted by atomic mass is 10.1. The summed E-state index contributed by atoms with van der Waals surface area (Å²) in [5.74, 6) is 1.65. The van der Waals surface area contributed by atoms with Crippen LogP contribution in [0, 0.1) is 13.8 Å². The Morgan fingerprint density at radius 2 is 2.19 bits per heavy atom. The van der Waals surface area contributed by atoms with E-state index in [0.29, 0.717) is 19.4 Å². The van der Waals surface area contributed by atoms with Crippen molar-refractivity contribution in [3.05, 3.63) is 41.5 Å². The monoisotopic (exact) mass is 304 g/mol. The number of nitrogens with one attached hydrogen (secondary N) is 2. The van der Waals surface area contributed by atoms with E-state index in [1.165, 1.54) is 22.3 Å². The molecule has 0 saturated heterocycles. The summed E-state index contributed by atoms with van der Waals surface area (Å²) in [5, 5.41) is 9.42. The van der Waals surface area contributed by atoms with Gasteiger partial charge in [-0.25, -0.2) is 4.98 Å². The summed E-state index contributed by atoms with van der Waals surface area (Å²) in [6, 6.07) is 6.39. The molecule has 2 rings (SSSR count). The Morgan fingerprint density at radius 1 is 1.33 bits per heavy atom. The summed E-state index contributed by atoms with van der Waals surface area (Å²) in [5.41, 5.74) is 2.58. The number of rotatable bonds is 7. The first-order valence-electron chi connectivity index (χ1n) is 6.96. The molecule has 1 aromatic carbocycles. The quantitative estimate of drug-likeness (QED) is 0.770. The fourth-order valence-electron chi connectivity index (χ4n) is 1.83. The summed E-state index contributed by atoms with van der Waals surface area (Å²) < 4.78 is 0. The highest BCUT2D eigenvalue weighted by Gasteiger charge is 2.03. The number of hydrogen-bond donors (Lipinski definition) is 2. The number of H-pyrrole nitrogens is 1. The van der Waals surface area contributed by atoms with Gasteiger partial charge >= 0.3 is 0 Å². The lowest BCUT2D eigenvalue weighted by molar-refractivity contribution is -0.120. The first-order chi connectivity index (χ1) is 10.1. The van der Waals surface area contributed by atoms with Gasteiger partial charge < -0.3 is 5.32 Å². The highest BCUT2D eigenvalue weighted by atomic mass is 32.2. The second-order valence-corrected chi connectivity index (χ2v) is 6.04. The first kappa shape index (κ1) is 15.6. The van der Waals surface area contributed by atoms with Gasteiger partial charge in [0.05, 0.1) is 0 Å². The maximum Gasteiger partial charge on any atom is 0.220 e. The maximum absolute atomic E-state index is 11.7. The van der Waals surface area contributed by atoms with Gasteiger partial charge in [-0.05, 0) is 37.1 Å². The number of hydrogen-bond acceptors (Lipinski definition) is 4. The zero-order chi connectivity index (χ0) is 15.1. The summed E-state index contributed by atoms with van der Waals surface area (Å²) in [6.07, 6.45) is 2.67. The molecule has 1 amide bonds. The Kier molecular flexibility index (Phi) is 5.80. The Morgan fingerprint density at radius 3 is 2.90 bits per heavy atom. The lowest BCUT2D eigenvalue weighted by Crippen LogP contribution is -2.26. The average Bonchev–Trinajstić information content (AvgIpc) is 2.96. The van der Waals surface area contributed by atoms with Crippen molar-refractivity contribution in [3.8, 4) is 0 Å². The van der Waals surface area contributed by atoms with Gasteiger partial charge in [-0.2, -0.15) is 5.10 Å². The molecule has 112 valence electrons. The molecule has 0 bridgehead atoms. The SMILES string of the molecule is Cc1ccc(SCCC(=O)NCCc2ncn[nH]2)cc1C. The van der Waals surface area contributed by atoms with Crippen molar-refractivity contribution in [2.45, 2.75) is 31.6 Å². The molecule has 0 aliphatic carbocycles. The van der Waals surface area contributed by atoms with E-state index >= 15 is 0 Å². The molecule has 2 aromatic rings. The van der Waals surface area contributed by atoms with Gasteiger partial charge in [0.1, 0.15) is 12.2 Å². The van der Waals surface area contributed by atoms with Crippen LogP contribution in [0.4, 0.5) is 0 Å². The molecular formula is C15H20N4OS. The smallest absolute Gasteiger partial charge is 0.220 e. The highest BCUT2D eigenvalue weighted by Crippen LogP contribution is 2.21. The maximum atomic E-state index is 11.7. The van der Waals surface area contributed by atoms with Crippen molar-refractivity contribution in [3.63, 3.8) is 0 Å². The van der Waals surface area contributed by atoms with Crippen LogP contribution >= 0.6 is 11.8 Å². The summed E-state index contributed by atoms with van der Waals surface area (Å²) in [6.45, 7) is 4.80. The Labute approximate surface area is 128 Å². The summed E-state index contributed by atoms with van der Waals surface area (Å²) in [7, 11) is 0. The molecule has 0 radical (unpaired) electrons. The summed E-state index contributed by atoms with van der Waals surface area (Å²) >= 11 is 1.71. The van der Waals surface area contributed by atoms with Crippen molar-refractivity contribution in [2.24, 2.45) is 0 Å². The number of aromatic nitrogens is 3. The molecule has 0 aliphatic rings. The van der Waals surface area contributed by atoms with Crippen molar-refractivity contribution in [1.29, 1.82) is 0 Å². The number of nitrogens with zero attached hydrogens (tertiary/aromatic N) is 2. The van der Waals surface area contributed by atoms with Crippen LogP contribution in [0.25, 0.3) is 0 Å². The minimum atomic E-state index is 0.0749. The zero-order valence-corrected chi connectivity index (χ0v) is 13.2. The number of amides is 1. The summed E-state index contributed by atoms with van der Waals surface area (Å²) in [4.78, 5) is 16.9. The van der Waals surface area contributed by atoms with E-state index in [1.54, 1.807) is 11.8 Å². The third-order valence-electron chi connectivity index (χ3n) is 3.23. The van der Waals surface area contributed by atoms with Crippen LogP contribution in [-0.2, 0) is 11.2 Å². The van der Waals surface area contributed by atoms with Crippen LogP contribution < -0.4 is 5.32 Å². The van der Waals surface area contributed by atoms with Gasteiger partial charge in [-0.15, -0.1) is 11.8 Å². The highest BCUT2D eigenvalue weighted by molar-refractivity contribution is 7.99. The molecule has 1 heterocycles. The third kappa shape index (κ3) is 5.23. The number of aryl methyl sites for hydroxylation is 2. The normalized spacial score (nSPS) is 10.6. The number of aromatic amines is 1. The number of carbonyl (C=O) groups is 1. The van der Waals surface area contributed by atoms with Gasteiger partial charge in [0.2, 0.25) is 5.91 Å². The van der Waals surface area contributed by atoms with Crippen molar-refractivity contribution in [1.82, 2.24) is 20.5 Å². The second-order valence-electron chi connectivity index (χ2n) is 4.88. The van der Waals surface area contributed by atoms with Crippen LogP contribution in [0.3, 0.4) is 0 Å². The minimum absolute atomic E-state index is 0.0749. The fourth-order valence-corrected chi connectivity index (χ4v) is 2.77. The largest absolute Gasteiger partial charge is 0.356 e. The molecule has 0 fully saturated rings. The molecule has 21 heavy (non-hydrogen) atoms. The predicted molar refractivity (Wildman–Crippen MR) is 84.4 cm³/mol. The van der Waals surface area contributed by atoms with E-state index in [-0.39, 0.29) is 5.91 Å². The van der Waals surface area contributed by atoms with Crippen molar-refractivity contribution in [2.75, 3.05) is 12.3 Å². The molecule has 0 atom stereocenters. The van der Waals surface area contributed by atoms with E-state index in [4.69, 9.17) is 0 Å². The topological polar surface area (TPSA) is 70.7 Å². The molecule has 6 heteroatoms. The fraction of sp³-hybridized carbons (Fsp3) is 0.400.